The van der Waals surface area contributed by atoms with Gasteiger partial charge in [0.15, 0.2) is 23.0 Å². The first-order valence-electron chi connectivity index (χ1n) is 20.9. The van der Waals surface area contributed by atoms with E-state index in [-0.39, 0.29) is 12.8 Å². The summed E-state index contributed by atoms with van der Waals surface area (Å²) in [7, 11) is 0. The summed E-state index contributed by atoms with van der Waals surface area (Å²) < 4.78 is 0. The van der Waals surface area contributed by atoms with Crippen molar-refractivity contribution in [1.82, 2.24) is 0 Å². The highest BCUT2D eigenvalue weighted by molar-refractivity contribution is 6.18. The van der Waals surface area contributed by atoms with Gasteiger partial charge in [-0.25, -0.2) is 0 Å². The maximum Gasteiger partial charge on any atom is 0.220 e. The Morgan fingerprint density at radius 1 is 0.556 bits per heavy atom. The lowest BCUT2D eigenvalue weighted by Gasteiger charge is -2.38. The maximum absolute atomic E-state index is 13.6. The van der Waals surface area contributed by atoms with Crippen LogP contribution in [0.4, 0.5) is 0 Å². The van der Waals surface area contributed by atoms with Crippen LogP contribution in [0.5, 0.6) is 0 Å². The minimum absolute atomic E-state index is 0.177. The molecule has 0 heterocycles. The number of ketones is 3. The van der Waals surface area contributed by atoms with E-state index in [1.807, 2.05) is 6.07 Å². The number of allylic oxidation sites excluding steroid dienone is 10. The number of hydrogen-bond donors (Lipinski definition) is 3. The second-order valence-corrected chi connectivity index (χ2v) is 14.3. The van der Waals surface area contributed by atoms with Crippen LogP contribution >= 0.6 is 0 Å². The number of unbranched alkanes of at least 4 members (excludes halogenated alkanes) is 13. The Balaban J connectivity index is 2.68. The number of aliphatic hydroxyl groups is 3. The summed E-state index contributed by atoms with van der Waals surface area (Å²) in [5, 5.41) is 33.6. The van der Waals surface area contributed by atoms with Crippen LogP contribution in [0.1, 0.15) is 161 Å². The third-order valence-electron chi connectivity index (χ3n) is 9.68. The summed E-state index contributed by atoms with van der Waals surface area (Å²) in [6, 6.07) is 8.87. The fourth-order valence-electron chi connectivity index (χ4n) is 6.22. The lowest BCUT2D eigenvalue weighted by Crippen LogP contribution is -2.69. The molecule has 300 valence electrons. The first-order valence-corrected chi connectivity index (χ1v) is 20.9. The van der Waals surface area contributed by atoms with Gasteiger partial charge in [-0.3, -0.25) is 14.4 Å². The highest BCUT2D eigenvalue weighted by atomic mass is 16.4. The van der Waals surface area contributed by atoms with E-state index >= 15 is 0 Å². The molecule has 54 heavy (non-hydrogen) atoms. The van der Waals surface area contributed by atoms with Crippen molar-refractivity contribution >= 4 is 23.4 Å². The summed E-state index contributed by atoms with van der Waals surface area (Å²) in [6.07, 6.45) is 42.8. The predicted molar refractivity (Wildman–Crippen MR) is 226 cm³/mol. The van der Waals surface area contributed by atoms with Gasteiger partial charge in [0.25, 0.3) is 0 Å². The number of hydrogen-bond acceptors (Lipinski definition) is 6. The topological polar surface area (TPSA) is 112 Å². The third kappa shape index (κ3) is 20.3. The first kappa shape index (κ1) is 48.6. The molecule has 2 atom stereocenters. The van der Waals surface area contributed by atoms with Crippen LogP contribution in [0.15, 0.2) is 97.2 Å². The van der Waals surface area contributed by atoms with Crippen molar-refractivity contribution in [3.8, 4) is 0 Å². The van der Waals surface area contributed by atoms with E-state index in [9.17, 15) is 29.7 Å². The molecule has 6 heteroatoms. The van der Waals surface area contributed by atoms with Crippen LogP contribution in [0.25, 0.3) is 6.08 Å². The van der Waals surface area contributed by atoms with E-state index < -0.39 is 35.2 Å². The Kier molecular flexibility index (Phi) is 28.7. The van der Waals surface area contributed by atoms with Crippen LogP contribution in [0.2, 0.25) is 0 Å². The monoisotopic (exact) mass is 745 g/mol. The van der Waals surface area contributed by atoms with Crippen LogP contribution in [-0.2, 0) is 14.4 Å². The molecule has 0 saturated heterocycles. The van der Waals surface area contributed by atoms with Gasteiger partial charge in [-0.05, 0) is 88.7 Å². The summed E-state index contributed by atoms with van der Waals surface area (Å²) >= 11 is 0. The molecule has 0 aliphatic heterocycles. The second-order valence-electron chi connectivity index (χ2n) is 14.3. The summed E-state index contributed by atoms with van der Waals surface area (Å²) in [4.78, 5) is 40.6. The van der Waals surface area contributed by atoms with E-state index in [1.165, 1.54) is 25.3 Å². The average Bonchev–Trinajstić information content (AvgIpc) is 3.19. The molecule has 0 aliphatic rings. The van der Waals surface area contributed by atoms with Crippen LogP contribution in [0.3, 0.4) is 0 Å². The van der Waals surface area contributed by atoms with Gasteiger partial charge >= 0.3 is 0 Å². The molecule has 0 radical (unpaired) electrons. The molecule has 1 rings (SSSR count). The number of aliphatic hydroxyl groups excluding tert-OH is 1. The van der Waals surface area contributed by atoms with E-state index in [0.717, 1.165) is 89.5 Å². The summed E-state index contributed by atoms with van der Waals surface area (Å²) in [5.74, 6) is -2.93. The zero-order valence-electron chi connectivity index (χ0n) is 33.6. The van der Waals surface area contributed by atoms with Crippen molar-refractivity contribution in [2.75, 3.05) is 6.61 Å². The molecule has 2 unspecified atom stereocenters. The zero-order chi connectivity index (χ0) is 39.6. The third-order valence-corrected chi connectivity index (χ3v) is 9.68. The smallest absolute Gasteiger partial charge is 0.220 e. The molecule has 3 N–H and O–H groups in total. The Labute approximate surface area is 327 Å². The minimum Gasteiger partial charge on any atom is -0.393 e. The van der Waals surface area contributed by atoms with E-state index in [4.69, 9.17) is 0 Å². The van der Waals surface area contributed by atoms with Gasteiger partial charge in [0.1, 0.15) is 0 Å². The minimum atomic E-state index is -3.04. The Morgan fingerprint density at radius 3 is 1.44 bits per heavy atom. The summed E-state index contributed by atoms with van der Waals surface area (Å²) in [6.45, 7) is 3.07. The molecule has 0 spiro atoms. The molecule has 0 bridgehead atoms. The molecular weight excluding hydrogens is 673 g/mol. The molecule has 0 aliphatic carbocycles. The van der Waals surface area contributed by atoms with Gasteiger partial charge in [0.05, 0.1) is 6.61 Å². The van der Waals surface area contributed by atoms with Gasteiger partial charge < -0.3 is 15.3 Å². The van der Waals surface area contributed by atoms with E-state index in [0.29, 0.717) is 31.2 Å². The maximum atomic E-state index is 13.6. The van der Waals surface area contributed by atoms with Gasteiger partial charge in [0.2, 0.25) is 5.60 Å². The average molecular weight is 745 g/mol. The van der Waals surface area contributed by atoms with Crippen LogP contribution < -0.4 is 0 Å². The highest BCUT2D eigenvalue weighted by Gasteiger charge is 2.61. The SMILES string of the molecule is CC/C=C\C/C=C\C/C=C\CCCCCCCC(=O)C(O)(C(=O)CCCCCCC/C=C\C/C=C\CCCCC)C(O)(CO)C(=O)/C=C/c1ccccc1. The van der Waals surface area contributed by atoms with Crippen LogP contribution in [-0.4, -0.2) is 50.5 Å². The van der Waals surface area contributed by atoms with Crippen molar-refractivity contribution < 1.29 is 29.7 Å². The van der Waals surface area contributed by atoms with Crippen molar-refractivity contribution in [2.45, 2.75) is 166 Å². The molecule has 1 aromatic rings. The number of carbonyl (C=O) groups is 3. The molecule has 0 amide bonds. The number of Topliss-reactive ketones (excluding diaryl/α,β-unsaturated/α-hetero) is 2. The van der Waals surface area contributed by atoms with Crippen molar-refractivity contribution in [2.24, 2.45) is 0 Å². The molecule has 0 fully saturated rings. The lowest BCUT2D eigenvalue weighted by molar-refractivity contribution is -0.191. The molecule has 0 saturated carbocycles. The standard InChI is InChI=1S/C48H72O6/c1-3-5-7-9-11-13-15-17-19-21-23-25-27-29-34-38-45(51)48(54,47(53,42-49)44(50)41-40-43-36-32-31-33-37-43)46(52)39-35-30-28-26-24-22-20-18-16-14-12-10-8-6-4-2/h5,7,11-14,17-20,31-33,36-37,40-41,49,53-54H,3-4,6,8-10,15-16,21-30,34-35,38-39,42H2,1-2H3/b7-5-,13-11-,14-12-,19-17-,20-18-,41-40+. The molecule has 0 aromatic heterocycles. The molecular formula is C48H72O6. The normalized spacial score (nSPS) is 14.7. The van der Waals surface area contributed by atoms with Crippen molar-refractivity contribution in [3.05, 3.63) is 103 Å². The first-order chi connectivity index (χ1) is 26.3. The second kappa shape index (κ2) is 31.9. The van der Waals surface area contributed by atoms with Gasteiger partial charge in [-0.15, -0.1) is 0 Å². The van der Waals surface area contributed by atoms with Gasteiger partial charge in [-0.2, -0.15) is 0 Å². The van der Waals surface area contributed by atoms with Crippen LogP contribution in [0, 0.1) is 0 Å². The van der Waals surface area contributed by atoms with Gasteiger partial charge in [0, 0.05) is 12.8 Å². The highest BCUT2D eigenvalue weighted by Crippen LogP contribution is 2.31. The van der Waals surface area contributed by atoms with E-state index in [2.05, 4.69) is 74.6 Å². The predicted octanol–water partition coefficient (Wildman–Crippen LogP) is 11.3. The number of benzene rings is 1. The quantitative estimate of drug-likeness (QED) is 0.0280. The number of carbonyl (C=O) groups excluding carboxylic acids is 3. The van der Waals surface area contributed by atoms with Gasteiger partial charge in [-0.1, -0.05) is 162 Å². The summed E-state index contributed by atoms with van der Waals surface area (Å²) in [5.41, 5.74) is -5.38. The number of rotatable bonds is 34. The largest absolute Gasteiger partial charge is 0.393 e. The Bertz CT molecular complexity index is 1320. The zero-order valence-corrected chi connectivity index (χ0v) is 33.6. The molecule has 6 nitrogen and oxygen atoms in total. The Morgan fingerprint density at radius 2 is 0.981 bits per heavy atom. The van der Waals surface area contributed by atoms with E-state index in [1.54, 1.807) is 24.3 Å². The Hall–Kier alpha value is -3.45. The molecule has 1 aromatic carbocycles. The van der Waals surface area contributed by atoms with Crippen molar-refractivity contribution in [3.63, 3.8) is 0 Å². The van der Waals surface area contributed by atoms with Crippen molar-refractivity contribution in [1.29, 1.82) is 0 Å². The fraction of sp³-hybridized carbons (Fsp3) is 0.562. The fourth-order valence-corrected chi connectivity index (χ4v) is 6.22. The lowest BCUT2D eigenvalue weighted by atomic mass is 9.71.